The number of thiazole rings is 1. The Kier molecular flexibility index (Phi) is 9.74. The molecule has 8 heteroatoms. The highest BCUT2D eigenvalue weighted by molar-refractivity contribution is 8.32. The van der Waals surface area contributed by atoms with Gasteiger partial charge in [0.1, 0.15) is 17.4 Å². The number of benzene rings is 1. The van der Waals surface area contributed by atoms with Gasteiger partial charge in [-0.3, -0.25) is 4.79 Å². The number of carbonyl (C=O) groups is 1. The fourth-order valence-corrected chi connectivity index (χ4v) is 5.18. The third-order valence-corrected chi connectivity index (χ3v) is 7.78. The molecule has 2 aromatic heterocycles. The second-order valence-electron chi connectivity index (χ2n) is 9.12. The Balaban J connectivity index is 0.00000158. The number of hydrogen-bond acceptors (Lipinski definition) is 5. The van der Waals surface area contributed by atoms with Crippen molar-refractivity contribution >= 4 is 27.3 Å². The molecule has 0 aliphatic heterocycles. The molecule has 3 aromatic rings. The van der Waals surface area contributed by atoms with Crippen LogP contribution in [0.1, 0.15) is 49.9 Å². The summed E-state index contributed by atoms with van der Waals surface area (Å²) in [6, 6.07) is 10.3. The molecule has 1 N–H and O–H groups in total. The Hall–Kier alpha value is -2.16. The van der Waals surface area contributed by atoms with Crippen LogP contribution in [-0.2, 0) is 11.5 Å². The Morgan fingerprint density at radius 1 is 1.18 bits per heavy atom. The molecule has 0 radical (unpaired) electrons. The quantitative estimate of drug-likeness (QED) is 0.362. The van der Waals surface area contributed by atoms with Crippen molar-refractivity contribution in [3.63, 3.8) is 0 Å². The van der Waals surface area contributed by atoms with Gasteiger partial charge in [0.2, 0.25) is 0 Å². The van der Waals surface area contributed by atoms with E-state index >= 15 is 0 Å². The maximum Gasteiger partial charge on any atom is 0.255 e. The maximum atomic E-state index is 13.1. The normalized spacial score (nSPS) is 14.5. The van der Waals surface area contributed by atoms with E-state index in [2.05, 4.69) is 24.1 Å². The third kappa shape index (κ3) is 7.42. The molecule has 0 spiro atoms. The van der Waals surface area contributed by atoms with Gasteiger partial charge in [-0.05, 0) is 31.6 Å². The Labute approximate surface area is 209 Å². The van der Waals surface area contributed by atoms with E-state index in [0.717, 1.165) is 34.9 Å². The van der Waals surface area contributed by atoms with Crippen molar-refractivity contribution in [2.75, 3.05) is 31.1 Å². The molecule has 0 atom stereocenters. The van der Waals surface area contributed by atoms with Crippen LogP contribution in [0.5, 0.6) is 0 Å². The summed E-state index contributed by atoms with van der Waals surface area (Å²) in [5.41, 5.74) is 3.14. The predicted octanol–water partition coefficient (Wildman–Crippen LogP) is 6.04. The van der Waals surface area contributed by atoms with Crippen LogP contribution in [0, 0.1) is 0 Å². The fraction of sp³-hybridized carbons (Fsp3) is 0.500. The van der Waals surface area contributed by atoms with E-state index in [-0.39, 0.29) is 11.9 Å². The van der Waals surface area contributed by atoms with Gasteiger partial charge in [0.05, 0.1) is 17.9 Å². The highest BCUT2D eigenvalue weighted by Gasteiger charge is 2.24. The smallest absolute Gasteiger partial charge is 0.255 e. The van der Waals surface area contributed by atoms with Gasteiger partial charge in [0.25, 0.3) is 5.91 Å². The molecule has 34 heavy (non-hydrogen) atoms. The van der Waals surface area contributed by atoms with Gasteiger partial charge in [-0.2, -0.15) is 5.10 Å². The molecule has 1 saturated carbocycles. The SMILES string of the molecule is CC.CS(C)(C)CCOCn1cc(C(=O)NC2CCCC2)c(-c2nc(-c3ccccc3)cs2)n1. The van der Waals surface area contributed by atoms with E-state index in [1.165, 1.54) is 24.2 Å². The van der Waals surface area contributed by atoms with Crippen molar-refractivity contribution in [1.82, 2.24) is 20.1 Å². The summed E-state index contributed by atoms with van der Waals surface area (Å²) >= 11 is 1.51. The lowest BCUT2D eigenvalue weighted by Gasteiger charge is -2.24. The average Bonchev–Trinajstić information content (AvgIpc) is 3.58. The number of ether oxygens (including phenoxy) is 1. The molecule has 0 unspecified atom stereocenters. The molecule has 0 bridgehead atoms. The van der Waals surface area contributed by atoms with E-state index in [4.69, 9.17) is 14.8 Å². The number of nitrogens with zero attached hydrogens (tertiary/aromatic N) is 3. The zero-order valence-corrected chi connectivity index (χ0v) is 22.7. The number of nitrogens with one attached hydrogen (secondary N) is 1. The van der Waals surface area contributed by atoms with E-state index in [1.807, 2.05) is 49.6 Å². The van der Waals surface area contributed by atoms with E-state index in [9.17, 15) is 4.79 Å². The molecule has 186 valence electrons. The Bertz CT molecular complexity index is 1030. The number of rotatable bonds is 9. The van der Waals surface area contributed by atoms with Crippen molar-refractivity contribution < 1.29 is 9.53 Å². The molecule has 1 aliphatic carbocycles. The molecule has 1 aliphatic rings. The van der Waals surface area contributed by atoms with E-state index in [1.54, 1.807) is 10.9 Å². The molecule has 1 aromatic carbocycles. The molecule has 0 saturated heterocycles. The Morgan fingerprint density at radius 3 is 2.56 bits per heavy atom. The van der Waals surface area contributed by atoms with Crippen molar-refractivity contribution in [1.29, 1.82) is 0 Å². The largest absolute Gasteiger partial charge is 0.358 e. The van der Waals surface area contributed by atoms with Gasteiger partial charge in [0.15, 0.2) is 0 Å². The maximum absolute atomic E-state index is 13.1. The second-order valence-corrected chi connectivity index (χ2v) is 14.6. The summed E-state index contributed by atoms with van der Waals surface area (Å²) in [4.78, 5) is 17.9. The lowest BCUT2D eigenvalue weighted by atomic mass is 10.2. The fourth-order valence-electron chi connectivity index (χ4n) is 3.74. The minimum atomic E-state index is -0.602. The van der Waals surface area contributed by atoms with Gasteiger partial charge in [-0.1, -0.05) is 57.0 Å². The molecule has 4 rings (SSSR count). The van der Waals surface area contributed by atoms with Crippen molar-refractivity contribution in [2.45, 2.75) is 52.3 Å². The molecule has 1 fully saturated rings. The molecule has 2 heterocycles. The van der Waals surface area contributed by atoms with Crippen LogP contribution in [0.15, 0.2) is 41.9 Å². The van der Waals surface area contributed by atoms with E-state index in [0.29, 0.717) is 24.6 Å². The zero-order valence-electron chi connectivity index (χ0n) is 21.0. The standard InChI is InChI=1S/C24H32N4O2S2.C2H6/c1-32(2,3)14-13-30-17-28-15-20(23(29)25-19-11-7-8-12-19)22(27-28)24-26-21(16-31-24)18-9-5-4-6-10-18;1-2/h4-6,9-10,15-16,19H,7-8,11-14,17H2,1-3H3,(H,25,29);1-2H3. The summed E-state index contributed by atoms with van der Waals surface area (Å²) < 4.78 is 7.58. The first-order valence-electron chi connectivity index (χ1n) is 12.0. The first-order valence-corrected chi connectivity index (χ1v) is 15.9. The van der Waals surface area contributed by atoms with Crippen LogP contribution in [0.2, 0.25) is 0 Å². The van der Waals surface area contributed by atoms with Crippen LogP contribution in [0.4, 0.5) is 0 Å². The van der Waals surface area contributed by atoms with Gasteiger partial charge in [0, 0.05) is 28.9 Å². The zero-order chi connectivity index (χ0) is 24.6. The van der Waals surface area contributed by atoms with Crippen LogP contribution < -0.4 is 5.32 Å². The van der Waals surface area contributed by atoms with Crippen LogP contribution in [0.25, 0.3) is 22.0 Å². The molecule has 1 amide bonds. The van der Waals surface area contributed by atoms with Crippen LogP contribution in [-0.4, -0.2) is 57.8 Å². The van der Waals surface area contributed by atoms with Gasteiger partial charge < -0.3 is 10.1 Å². The third-order valence-electron chi connectivity index (χ3n) is 5.54. The predicted molar refractivity (Wildman–Crippen MR) is 146 cm³/mol. The summed E-state index contributed by atoms with van der Waals surface area (Å²) in [7, 11) is -0.602. The Morgan fingerprint density at radius 2 is 1.88 bits per heavy atom. The highest BCUT2D eigenvalue weighted by atomic mass is 32.3. The molecule has 6 nitrogen and oxygen atoms in total. The summed E-state index contributed by atoms with van der Waals surface area (Å²) in [5, 5.41) is 10.7. The summed E-state index contributed by atoms with van der Waals surface area (Å²) in [5.74, 6) is 0.969. The summed E-state index contributed by atoms with van der Waals surface area (Å²) in [6.45, 7) is 5.02. The average molecular weight is 503 g/mol. The topological polar surface area (TPSA) is 69.0 Å². The summed E-state index contributed by atoms with van der Waals surface area (Å²) in [6.07, 6.45) is 13.1. The number of amides is 1. The first kappa shape index (κ1) is 26.4. The van der Waals surface area contributed by atoms with Crippen molar-refractivity contribution in [2.24, 2.45) is 0 Å². The molecular weight excluding hydrogens is 464 g/mol. The lowest BCUT2D eigenvalue weighted by molar-refractivity contribution is 0.0808. The number of carbonyl (C=O) groups excluding carboxylic acids is 1. The molecular formula is C26H38N4O2S2. The highest BCUT2D eigenvalue weighted by Crippen LogP contribution is 2.34. The first-order chi connectivity index (χ1) is 16.4. The lowest BCUT2D eigenvalue weighted by Crippen LogP contribution is -2.32. The number of hydrogen-bond donors (Lipinski definition) is 1. The minimum absolute atomic E-state index is 0.0752. The van der Waals surface area contributed by atoms with Crippen molar-refractivity contribution in [3.05, 3.63) is 47.5 Å². The van der Waals surface area contributed by atoms with Crippen molar-refractivity contribution in [3.8, 4) is 22.0 Å². The monoisotopic (exact) mass is 502 g/mol. The minimum Gasteiger partial charge on any atom is -0.358 e. The second kappa shape index (κ2) is 12.5. The van der Waals surface area contributed by atoms with Gasteiger partial charge in [-0.15, -0.1) is 11.3 Å². The van der Waals surface area contributed by atoms with Crippen LogP contribution >= 0.6 is 21.4 Å². The van der Waals surface area contributed by atoms with Crippen LogP contribution in [0.3, 0.4) is 0 Å². The van der Waals surface area contributed by atoms with Gasteiger partial charge >= 0.3 is 0 Å². The number of aromatic nitrogens is 3. The van der Waals surface area contributed by atoms with E-state index < -0.39 is 10.0 Å². The van der Waals surface area contributed by atoms with Gasteiger partial charge in [-0.25, -0.2) is 19.7 Å².